The molecular weight excluding hydrogens is 463 g/mol. The molecule has 3 aromatic rings. The summed E-state index contributed by atoms with van der Waals surface area (Å²) in [5, 5.41) is 14.1. The standard InChI is InChI=1S/C25H29FN8O2/c1-16-17(11-28-34(16)25-29-23(27)10-24(30-25)32-13-20(35)14-32)3-2-6-31-7-8-33-19(12-31)15-36-22-5-4-18(26)9-21(22)33/h2-5,9-11,19-20,35H,6-8,12-15H2,1H3,(H2,27,29,30)/b3-2+. The van der Waals surface area contributed by atoms with Crippen LogP contribution in [-0.4, -0.2) is 87.8 Å². The molecule has 0 aliphatic carbocycles. The van der Waals surface area contributed by atoms with Gasteiger partial charge in [-0.3, -0.25) is 4.90 Å². The van der Waals surface area contributed by atoms with E-state index in [2.05, 4.69) is 37.0 Å². The second-order valence-electron chi connectivity index (χ2n) is 9.54. The van der Waals surface area contributed by atoms with Gasteiger partial charge in [0.25, 0.3) is 5.95 Å². The Labute approximate surface area is 208 Å². The number of aliphatic hydroxyl groups excluding tert-OH is 1. The molecular formula is C25H29FN8O2. The molecule has 188 valence electrons. The summed E-state index contributed by atoms with van der Waals surface area (Å²) in [5.41, 5.74) is 8.76. The van der Waals surface area contributed by atoms with E-state index in [0.29, 0.717) is 37.3 Å². The Morgan fingerprint density at radius 2 is 2.06 bits per heavy atom. The first kappa shape index (κ1) is 22.7. The fraction of sp³-hybridized carbons (Fsp3) is 0.400. The quantitative estimate of drug-likeness (QED) is 0.547. The summed E-state index contributed by atoms with van der Waals surface area (Å²) in [5.74, 6) is 1.98. The third-order valence-corrected chi connectivity index (χ3v) is 7.03. The van der Waals surface area contributed by atoms with E-state index in [1.165, 1.54) is 6.07 Å². The molecule has 0 saturated carbocycles. The van der Waals surface area contributed by atoms with Crippen LogP contribution in [0.4, 0.5) is 21.7 Å². The molecule has 3 N–H and O–H groups in total. The van der Waals surface area contributed by atoms with Gasteiger partial charge in [-0.15, -0.1) is 0 Å². The number of nitrogen functional groups attached to an aromatic ring is 1. The Bertz CT molecular complexity index is 1310. The number of piperazine rings is 1. The predicted molar refractivity (Wildman–Crippen MR) is 135 cm³/mol. The molecule has 0 radical (unpaired) electrons. The van der Waals surface area contributed by atoms with Crippen LogP contribution >= 0.6 is 0 Å². The van der Waals surface area contributed by atoms with Crippen LogP contribution in [0, 0.1) is 12.7 Å². The van der Waals surface area contributed by atoms with Crippen molar-refractivity contribution in [1.82, 2.24) is 24.6 Å². The average Bonchev–Trinajstić information content (AvgIpc) is 3.21. The van der Waals surface area contributed by atoms with Gasteiger partial charge in [0, 0.05) is 57.0 Å². The SMILES string of the molecule is Cc1c(/C=C/CN2CCN3c4cc(F)ccc4OCC3C2)cnn1-c1nc(N)cc(N2CC(O)C2)n1. The summed E-state index contributed by atoms with van der Waals surface area (Å²) < 4.78 is 21.3. The van der Waals surface area contributed by atoms with Gasteiger partial charge in [0.15, 0.2) is 0 Å². The van der Waals surface area contributed by atoms with Crippen LogP contribution in [-0.2, 0) is 0 Å². The van der Waals surface area contributed by atoms with Crippen LogP contribution in [0.3, 0.4) is 0 Å². The number of nitrogens with zero attached hydrogens (tertiary/aromatic N) is 7. The number of halogens is 1. The van der Waals surface area contributed by atoms with Crippen LogP contribution < -0.4 is 20.3 Å². The number of fused-ring (bicyclic) bond motifs is 3. The minimum atomic E-state index is -0.333. The maximum Gasteiger partial charge on any atom is 0.254 e. The first-order valence-electron chi connectivity index (χ1n) is 12.1. The molecule has 10 nitrogen and oxygen atoms in total. The number of nitrogens with two attached hydrogens (primary N) is 1. The molecule has 5 heterocycles. The lowest BCUT2D eigenvalue weighted by molar-refractivity contribution is 0.141. The molecule has 1 atom stereocenters. The fourth-order valence-corrected chi connectivity index (χ4v) is 5.02. The zero-order valence-electron chi connectivity index (χ0n) is 20.1. The van der Waals surface area contributed by atoms with E-state index in [4.69, 9.17) is 10.5 Å². The number of aromatic nitrogens is 4. The van der Waals surface area contributed by atoms with Crippen LogP contribution in [0.5, 0.6) is 5.75 Å². The summed E-state index contributed by atoms with van der Waals surface area (Å²) in [6.07, 6.45) is 5.66. The van der Waals surface area contributed by atoms with E-state index in [0.717, 1.165) is 48.9 Å². The highest BCUT2D eigenvalue weighted by atomic mass is 19.1. The van der Waals surface area contributed by atoms with Gasteiger partial charge in [-0.1, -0.05) is 12.2 Å². The van der Waals surface area contributed by atoms with Gasteiger partial charge in [-0.2, -0.15) is 15.1 Å². The highest BCUT2D eigenvalue weighted by Crippen LogP contribution is 2.35. The third-order valence-electron chi connectivity index (χ3n) is 7.03. The number of benzene rings is 1. The average molecular weight is 493 g/mol. The number of rotatable bonds is 5. The number of hydrogen-bond donors (Lipinski definition) is 2. The van der Waals surface area contributed by atoms with E-state index in [-0.39, 0.29) is 18.0 Å². The molecule has 36 heavy (non-hydrogen) atoms. The Balaban J connectivity index is 1.11. The highest BCUT2D eigenvalue weighted by molar-refractivity contribution is 5.61. The number of anilines is 3. The molecule has 6 rings (SSSR count). The first-order chi connectivity index (χ1) is 17.4. The minimum Gasteiger partial charge on any atom is -0.489 e. The molecule has 11 heteroatoms. The molecule has 3 aliphatic heterocycles. The van der Waals surface area contributed by atoms with E-state index in [1.807, 2.05) is 11.8 Å². The topological polar surface area (TPSA) is 109 Å². The summed E-state index contributed by atoms with van der Waals surface area (Å²) in [4.78, 5) is 15.5. The van der Waals surface area contributed by atoms with Crippen LogP contribution in [0.15, 0.2) is 36.5 Å². The summed E-state index contributed by atoms with van der Waals surface area (Å²) >= 11 is 0. The summed E-state index contributed by atoms with van der Waals surface area (Å²) in [6.45, 7) is 7.01. The largest absolute Gasteiger partial charge is 0.489 e. The molecule has 2 fully saturated rings. The second-order valence-corrected chi connectivity index (χ2v) is 9.54. The molecule has 3 aliphatic rings. The van der Waals surface area contributed by atoms with Gasteiger partial charge in [0.2, 0.25) is 0 Å². The maximum absolute atomic E-state index is 13.8. The third kappa shape index (κ3) is 4.24. The van der Waals surface area contributed by atoms with Crippen molar-refractivity contribution in [2.45, 2.75) is 19.1 Å². The number of hydrogen-bond acceptors (Lipinski definition) is 9. The summed E-state index contributed by atoms with van der Waals surface area (Å²) in [7, 11) is 0. The smallest absolute Gasteiger partial charge is 0.254 e. The van der Waals surface area contributed by atoms with Gasteiger partial charge < -0.3 is 25.4 Å². The minimum absolute atomic E-state index is 0.202. The van der Waals surface area contributed by atoms with Gasteiger partial charge in [-0.25, -0.2) is 9.07 Å². The van der Waals surface area contributed by atoms with Crippen molar-refractivity contribution in [1.29, 1.82) is 0 Å². The molecule has 0 bridgehead atoms. The number of aliphatic hydroxyl groups is 1. The second kappa shape index (κ2) is 9.07. The zero-order chi connectivity index (χ0) is 24.8. The lowest BCUT2D eigenvalue weighted by Gasteiger charge is -2.45. The predicted octanol–water partition coefficient (Wildman–Crippen LogP) is 1.47. The molecule has 2 saturated heterocycles. The van der Waals surface area contributed by atoms with Crippen molar-refractivity contribution in [3.63, 3.8) is 0 Å². The van der Waals surface area contributed by atoms with E-state index in [9.17, 15) is 9.50 Å². The fourth-order valence-electron chi connectivity index (χ4n) is 5.02. The maximum atomic E-state index is 13.8. The van der Waals surface area contributed by atoms with E-state index in [1.54, 1.807) is 29.1 Å². The highest BCUT2D eigenvalue weighted by Gasteiger charge is 2.32. The molecule has 2 aromatic heterocycles. The Morgan fingerprint density at radius 1 is 1.19 bits per heavy atom. The van der Waals surface area contributed by atoms with Gasteiger partial charge in [0.05, 0.1) is 29.7 Å². The Morgan fingerprint density at radius 3 is 2.89 bits per heavy atom. The van der Waals surface area contributed by atoms with Crippen molar-refractivity contribution < 1.29 is 14.2 Å². The number of β-amino-alcohol motifs (C(OH)–C–C–N with tert-alkyl or cyclic N) is 1. The number of ether oxygens (including phenoxy) is 1. The first-order valence-corrected chi connectivity index (χ1v) is 12.1. The normalized spacial score (nSPS) is 20.2. The van der Waals surface area contributed by atoms with Crippen molar-refractivity contribution in [2.75, 3.05) is 61.4 Å². The van der Waals surface area contributed by atoms with Gasteiger partial charge in [0.1, 0.15) is 29.8 Å². The lowest BCUT2D eigenvalue weighted by atomic mass is 10.1. The van der Waals surface area contributed by atoms with E-state index < -0.39 is 0 Å². The van der Waals surface area contributed by atoms with Crippen molar-refractivity contribution in [3.05, 3.63) is 53.6 Å². The summed E-state index contributed by atoms with van der Waals surface area (Å²) in [6, 6.07) is 6.63. The molecule has 1 aromatic carbocycles. The Hall–Kier alpha value is -3.70. The molecule has 0 spiro atoms. The lowest BCUT2D eigenvalue weighted by Crippen LogP contribution is -2.57. The van der Waals surface area contributed by atoms with Crippen molar-refractivity contribution in [3.8, 4) is 11.7 Å². The van der Waals surface area contributed by atoms with Crippen molar-refractivity contribution in [2.24, 2.45) is 0 Å². The molecule has 1 unspecified atom stereocenters. The van der Waals surface area contributed by atoms with E-state index >= 15 is 0 Å². The molecule has 0 amide bonds. The van der Waals surface area contributed by atoms with Crippen LogP contribution in [0.2, 0.25) is 0 Å². The van der Waals surface area contributed by atoms with Crippen LogP contribution in [0.1, 0.15) is 11.3 Å². The van der Waals surface area contributed by atoms with Crippen LogP contribution in [0.25, 0.3) is 12.0 Å². The zero-order valence-corrected chi connectivity index (χ0v) is 20.1. The van der Waals surface area contributed by atoms with Gasteiger partial charge >= 0.3 is 0 Å². The van der Waals surface area contributed by atoms with Gasteiger partial charge in [-0.05, 0) is 19.1 Å². The van der Waals surface area contributed by atoms with Crippen molar-refractivity contribution >= 4 is 23.4 Å². The Kier molecular flexibility index (Phi) is 5.73. The monoisotopic (exact) mass is 492 g/mol.